The van der Waals surface area contributed by atoms with Gasteiger partial charge in [-0.25, -0.2) is 4.79 Å². The van der Waals surface area contributed by atoms with E-state index in [4.69, 9.17) is 5.26 Å². The number of carbonyl (C=O) groups is 2. The van der Waals surface area contributed by atoms with Crippen LogP contribution in [0.2, 0.25) is 0 Å². The van der Waals surface area contributed by atoms with Crippen LogP contribution in [0.1, 0.15) is 23.7 Å². The standard InChI is InChI=1S/C17H16N2O3/c1-11(9-10-18)15(17(21)22)19-16(20)14-8-4-6-12-5-2-3-7-13(12)14/h2-8,11,15H,9H2,1H3,(H,19,20)(H,21,22)/t11-,15-/m0/s1. The SMILES string of the molecule is C[C@@H](CC#N)[C@H](NC(=O)c1cccc2ccccc12)C(=O)O. The third kappa shape index (κ3) is 3.23. The van der Waals surface area contributed by atoms with Crippen molar-refractivity contribution in [2.75, 3.05) is 0 Å². The first-order valence-electron chi connectivity index (χ1n) is 6.93. The fraction of sp³-hybridized carbons (Fsp3) is 0.235. The van der Waals surface area contributed by atoms with Crippen molar-refractivity contribution < 1.29 is 14.7 Å². The van der Waals surface area contributed by atoms with Crippen molar-refractivity contribution in [2.45, 2.75) is 19.4 Å². The van der Waals surface area contributed by atoms with Crippen molar-refractivity contribution in [2.24, 2.45) is 5.92 Å². The van der Waals surface area contributed by atoms with E-state index in [0.29, 0.717) is 5.56 Å². The number of carboxylic acid groups (broad SMARTS) is 1. The van der Waals surface area contributed by atoms with Gasteiger partial charge in [0.05, 0.1) is 6.07 Å². The number of nitriles is 1. The minimum Gasteiger partial charge on any atom is -0.480 e. The summed E-state index contributed by atoms with van der Waals surface area (Å²) in [6.45, 7) is 1.63. The first-order chi connectivity index (χ1) is 10.5. The lowest BCUT2D eigenvalue weighted by Crippen LogP contribution is -2.45. The number of amides is 1. The summed E-state index contributed by atoms with van der Waals surface area (Å²) >= 11 is 0. The molecule has 2 aromatic carbocycles. The van der Waals surface area contributed by atoms with Crippen molar-refractivity contribution in [3.05, 3.63) is 48.0 Å². The normalized spacial score (nSPS) is 13.1. The Kier molecular flexibility index (Phi) is 4.74. The lowest BCUT2D eigenvalue weighted by molar-refractivity contribution is -0.140. The third-order valence-electron chi connectivity index (χ3n) is 3.57. The quantitative estimate of drug-likeness (QED) is 0.887. The summed E-state index contributed by atoms with van der Waals surface area (Å²) in [6, 6.07) is 13.5. The van der Waals surface area contributed by atoms with Gasteiger partial charge in [-0.05, 0) is 16.8 Å². The molecule has 1 amide bonds. The zero-order valence-corrected chi connectivity index (χ0v) is 12.1. The molecule has 22 heavy (non-hydrogen) atoms. The van der Waals surface area contributed by atoms with Gasteiger partial charge in [0.15, 0.2) is 0 Å². The molecule has 0 saturated carbocycles. The highest BCUT2D eigenvalue weighted by Crippen LogP contribution is 2.19. The zero-order chi connectivity index (χ0) is 16.1. The summed E-state index contributed by atoms with van der Waals surface area (Å²) in [6.07, 6.45) is 0.0623. The monoisotopic (exact) mass is 296 g/mol. The topological polar surface area (TPSA) is 90.2 Å². The third-order valence-corrected chi connectivity index (χ3v) is 3.57. The number of rotatable bonds is 5. The number of hydrogen-bond acceptors (Lipinski definition) is 3. The van der Waals surface area contributed by atoms with Gasteiger partial charge in [-0.3, -0.25) is 4.79 Å². The average Bonchev–Trinajstić information content (AvgIpc) is 2.51. The molecule has 2 rings (SSSR count). The highest BCUT2D eigenvalue weighted by molar-refractivity contribution is 6.07. The molecule has 0 saturated heterocycles. The fourth-order valence-electron chi connectivity index (χ4n) is 2.35. The van der Waals surface area contributed by atoms with Gasteiger partial charge in [0.1, 0.15) is 6.04 Å². The summed E-state index contributed by atoms with van der Waals surface area (Å²) in [5.41, 5.74) is 0.425. The molecule has 0 heterocycles. The van der Waals surface area contributed by atoms with Crippen LogP contribution in [0.25, 0.3) is 10.8 Å². The number of nitrogens with zero attached hydrogens (tertiary/aromatic N) is 1. The largest absolute Gasteiger partial charge is 0.480 e. The van der Waals surface area contributed by atoms with Gasteiger partial charge in [0, 0.05) is 17.9 Å². The fourth-order valence-corrected chi connectivity index (χ4v) is 2.35. The number of aliphatic carboxylic acids is 1. The average molecular weight is 296 g/mol. The Labute approximate surface area is 128 Å². The molecular formula is C17H16N2O3. The molecule has 0 spiro atoms. The van der Waals surface area contributed by atoms with Crippen molar-refractivity contribution in [3.63, 3.8) is 0 Å². The summed E-state index contributed by atoms with van der Waals surface area (Å²) < 4.78 is 0. The first-order valence-corrected chi connectivity index (χ1v) is 6.93. The number of carbonyl (C=O) groups excluding carboxylic acids is 1. The number of benzene rings is 2. The molecule has 5 nitrogen and oxygen atoms in total. The van der Waals surface area contributed by atoms with E-state index in [0.717, 1.165) is 10.8 Å². The van der Waals surface area contributed by atoms with Crippen LogP contribution in [-0.4, -0.2) is 23.0 Å². The van der Waals surface area contributed by atoms with E-state index in [1.54, 1.807) is 19.1 Å². The first kappa shape index (κ1) is 15.5. The Morgan fingerprint density at radius 2 is 1.91 bits per heavy atom. The summed E-state index contributed by atoms with van der Waals surface area (Å²) in [5, 5.41) is 22.2. The molecule has 0 bridgehead atoms. The van der Waals surface area contributed by atoms with Gasteiger partial charge >= 0.3 is 5.97 Å². The van der Waals surface area contributed by atoms with E-state index in [-0.39, 0.29) is 6.42 Å². The van der Waals surface area contributed by atoms with Crippen LogP contribution in [0.3, 0.4) is 0 Å². The van der Waals surface area contributed by atoms with E-state index < -0.39 is 23.8 Å². The molecular weight excluding hydrogens is 280 g/mol. The van der Waals surface area contributed by atoms with Gasteiger partial charge in [-0.2, -0.15) is 5.26 Å². The van der Waals surface area contributed by atoms with Crippen molar-refractivity contribution in [1.29, 1.82) is 5.26 Å². The Morgan fingerprint density at radius 3 is 2.59 bits per heavy atom. The van der Waals surface area contributed by atoms with Crippen LogP contribution in [0.4, 0.5) is 0 Å². The lowest BCUT2D eigenvalue weighted by Gasteiger charge is -2.19. The molecule has 2 aromatic rings. The molecule has 112 valence electrons. The van der Waals surface area contributed by atoms with E-state index in [9.17, 15) is 14.7 Å². The highest BCUT2D eigenvalue weighted by Gasteiger charge is 2.27. The lowest BCUT2D eigenvalue weighted by atomic mass is 9.98. The molecule has 2 atom stereocenters. The zero-order valence-electron chi connectivity index (χ0n) is 12.1. The predicted molar refractivity (Wildman–Crippen MR) is 82.2 cm³/mol. The smallest absolute Gasteiger partial charge is 0.326 e. The Morgan fingerprint density at radius 1 is 1.23 bits per heavy atom. The molecule has 0 unspecified atom stereocenters. The summed E-state index contributed by atoms with van der Waals surface area (Å²) in [4.78, 5) is 23.7. The van der Waals surface area contributed by atoms with Crippen molar-refractivity contribution in [3.8, 4) is 6.07 Å². The van der Waals surface area contributed by atoms with Gasteiger partial charge in [0.25, 0.3) is 5.91 Å². The molecule has 0 radical (unpaired) electrons. The summed E-state index contributed by atoms with van der Waals surface area (Å²) in [7, 11) is 0. The molecule has 0 fully saturated rings. The number of nitrogens with one attached hydrogen (secondary N) is 1. The van der Waals surface area contributed by atoms with Gasteiger partial charge in [-0.1, -0.05) is 43.3 Å². The Bertz CT molecular complexity index is 744. The minimum absolute atomic E-state index is 0.0623. The van der Waals surface area contributed by atoms with Gasteiger partial charge in [0.2, 0.25) is 0 Å². The van der Waals surface area contributed by atoms with Gasteiger partial charge < -0.3 is 10.4 Å². The van der Waals surface area contributed by atoms with Crippen LogP contribution in [0.5, 0.6) is 0 Å². The summed E-state index contributed by atoms with van der Waals surface area (Å²) in [5.74, 6) is -2.06. The van der Waals surface area contributed by atoms with Crippen LogP contribution < -0.4 is 5.32 Å². The number of carboxylic acids is 1. The molecule has 0 aliphatic rings. The maximum atomic E-state index is 12.4. The predicted octanol–water partition coefficient (Wildman–Crippen LogP) is 2.57. The second-order valence-electron chi connectivity index (χ2n) is 5.16. The molecule has 2 N–H and O–H groups in total. The number of fused-ring (bicyclic) bond motifs is 1. The van der Waals surface area contributed by atoms with E-state index in [2.05, 4.69) is 5.32 Å². The minimum atomic E-state index is -1.14. The molecule has 0 aromatic heterocycles. The molecule has 0 aliphatic heterocycles. The van der Waals surface area contributed by atoms with Gasteiger partial charge in [-0.15, -0.1) is 0 Å². The van der Waals surface area contributed by atoms with E-state index in [1.807, 2.05) is 36.4 Å². The van der Waals surface area contributed by atoms with Crippen molar-refractivity contribution >= 4 is 22.6 Å². The maximum absolute atomic E-state index is 12.4. The van der Waals surface area contributed by atoms with Crippen LogP contribution in [0.15, 0.2) is 42.5 Å². The molecule has 5 heteroatoms. The van der Waals surface area contributed by atoms with Crippen LogP contribution in [0, 0.1) is 17.2 Å². The number of hydrogen-bond donors (Lipinski definition) is 2. The van der Waals surface area contributed by atoms with Crippen molar-refractivity contribution in [1.82, 2.24) is 5.32 Å². The molecule has 0 aliphatic carbocycles. The second kappa shape index (κ2) is 6.72. The van der Waals surface area contributed by atoms with Crippen LogP contribution >= 0.6 is 0 Å². The Hall–Kier alpha value is -2.87. The second-order valence-corrected chi connectivity index (χ2v) is 5.16. The van der Waals surface area contributed by atoms with Crippen LogP contribution in [-0.2, 0) is 4.79 Å². The maximum Gasteiger partial charge on any atom is 0.326 e. The Balaban J connectivity index is 2.30. The van der Waals surface area contributed by atoms with E-state index in [1.165, 1.54) is 0 Å². The van der Waals surface area contributed by atoms with E-state index >= 15 is 0 Å². The highest BCUT2D eigenvalue weighted by atomic mass is 16.4.